The zero-order valence-electron chi connectivity index (χ0n) is 17.1. The van der Waals surface area contributed by atoms with Gasteiger partial charge in [0.1, 0.15) is 11.3 Å². The zero-order valence-corrected chi connectivity index (χ0v) is 17.1. The Bertz CT molecular complexity index is 1250. The first-order valence-corrected chi connectivity index (χ1v) is 10.5. The molecule has 0 spiro atoms. The van der Waals surface area contributed by atoms with Crippen molar-refractivity contribution in [3.63, 3.8) is 0 Å². The van der Waals surface area contributed by atoms with Crippen molar-refractivity contribution in [2.24, 2.45) is 7.05 Å². The van der Waals surface area contributed by atoms with Gasteiger partial charge >= 0.3 is 0 Å². The van der Waals surface area contributed by atoms with E-state index in [1.807, 2.05) is 37.8 Å². The molecular weight excluding hydrogens is 394 g/mol. The second-order valence-electron chi connectivity index (χ2n) is 8.45. The Morgan fingerprint density at radius 2 is 1.94 bits per heavy atom. The molecule has 9 nitrogen and oxygen atoms in total. The predicted molar refractivity (Wildman–Crippen MR) is 114 cm³/mol. The van der Waals surface area contributed by atoms with E-state index < -0.39 is 0 Å². The Morgan fingerprint density at radius 3 is 2.68 bits per heavy atom. The van der Waals surface area contributed by atoms with E-state index in [0.717, 1.165) is 48.3 Å². The maximum atomic E-state index is 10.6. The Balaban J connectivity index is 1.31. The molecule has 2 aliphatic rings. The van der Waals surface area contributed by atoms with E-state index in [9.17, 15) is 5.11 Å². The van der Waals surface area contributed by atoms with Gasteiger partial charge in [-0.15, -0.1) is 10.2 Å². The molecule has 1 aromatic carbocycles. The highest BCUT2D eigenvalue weighted by Gasteiger charge is 2.33. The van der Waals surface area contributed by atoms with Crippen molar-refractivity contribution >= 4 is 11.2 Å². The van der Waals surface area contributed by atoms with Crippen LogP contribution >= 0.6 is 0 Å². The minimum absolute atomic E-state index is 0.153. The van der Waals surface area contributed by atoms with Gasteiger partial charge in [0.2, 0.25) is 0 Å². The number of nitrogens with zero attached hydrogens (tertiary/aromatic N) is 6. The van der Waals surface area contributed by atoms with Crippen LogP contribution in [0.3, 0.4) is 0 Å². The van der Waals surface area contributed by atoms with E-state index >= 15 is 0 Å². The minimum Gasteiger partial charge on any atom is -0.507 e. The van der Waals surface area contributed by atoms with E-state index in [4.69, 9.17) is 4.74 Å². The number of phenols is 1. The molecule has 31 heavy (non-hydrogen) atoms. The van der Waals surface area contributed by atoms with Crippen LogP contribution in [0.15, 0.2) is 43.0 Å². The number of hydrogen-bond acceptors (Lipinski definition) is 7. The number of aryl methyl sites for hydroxylation is 1. The summed E-state index contributed by atoms with van der Waals surface area (Å²) < 4.78 is 9.54. The molecule has 6 rings (SSSR count). The summed E-state index contributed by atoms with van der Waals surface area (Å²) in [4.78, 5) is 4.59. The SMILES string of the molecule is Cn1cc(-c2ccc(-c3cc4ncn([C@@H]5C[C@H]6COC[C@@H](C5)N6)c4nn3)c(O)c2)cn1. The lowest BCUT2D eigenvalue weighted by molar-refractivity contribution is 0.0105. The van der Waals surface area contributed by atoms with Crippen molar-refractivity contribution in [1.82, 2.24) is 34.8 Å². The number of piperidine rings is 1. The summed E-state index contributed by atoms with van der Waals surface area (Å²) in [7, 11) is 1.87. The van der Waals surface area contributed by atoms with Crippen molar-refractivity contribution in [3.05, 3.63) is 43.0 Å². The third kappa shape index (κ3) is 3.26. The van der Waals surface area contributed by atoms with E-state index in [0.29, 0.717) is 29.4 Å². The fourth-order valence-corrected chi connectivity index (χ4v) is 4.76. The number of fused-ring (bicyclic) bond motifs is 3. The van der Waals surface area contributed by atoms with Gasteiger partial charge in [-0.1, -0.05) is 6.07 Å². The molecule has 0 unspecified atom stereocenters. The van der Waals surface area contributed by atoms with Crippen molar-refractivity contribution in [1.29, 1.82) is 0 Å². The van der Waals surface area contributed by atoms with Gasteiger partial charge in [0.25, 0.3) is 0 Å². The summed E-state index contributed by atoms with van der Waals surface area (Å²) in [5.74, 6) is 0.153. The molecule has 4 aromatic rings. The summed E-state index contributed by atoms with van der Waals surface area (Å²) in [5.41, 5.74) is 4.63. The van der Waals surface area contributed by atoms with Gasteiger partial charge in [-0.25, -0.2) is 4.98 Å². The molecule has 3 atom stereocenters. The van der Waals surface area contributed by atoms with Crippen LogP contribution in [-0.4, -0.2) is 59.9 Å². The van der Waals surface area contributed by atoms with Crippen LogP contribution in [0.25, 0.3) is 33.5 Å². The number of ether oxygens (including phenoxy) is 1. The average Bonchev–Trinajstić information content (AvgIpc) is 3.39. The third-order valence-corrected chi connectivity index (χ3v) is 6.25. The number of imidazole rings is 1. The number of nitrogens with one attached hydrogen (secondary N) is 1. The molecule has 0 aliphatic carbocycles. The summed E-state index contributed by atoms with van der Waals surface area (Å²) in [6.45, 7) is 1.51. The largest absolute Gasteiger partial charge is 0.507 e. The number of benzene rings is 1. The monoisotopic (exact) mass is 417 g/mol. The Labute approximate surface area is 178 Å². The van der Waals surface area contributed by atoms with Gasteiger partial charge in [0.15, 0.2) is 5.65 Å². The second-order valence-corrected chi connectivity index (χ2v) is 8.45. The van der Waals surface area contributed by atoms with Gasteiger partial charge in [-0.2, -0.15) is 5.10 Å². The average molecular weight is 417 g/mol. The molecule has 2 fully saturated rings. The molecule has 3 aromatic heterocycles. The van der Waals surface area contributed by atoms with E-state index in [-0.39, 0.29) is 5.75 Å². The number of hydrogen-bond donors (Lipinski definition) is 2. The molecule has 5 heterocycles. The molecular formula is C22H23N7O2. The van der Waals surface area contributed by atoms with Crippen LogP contribution < -0.4 is 5.32 Å². The Kier molecular flexibility index (Phi) is 4.25. The lowest BCUT2D eigenvalue weighted by Gasteiger charge is -2.40. The first kappa shape index (κ1) is 18.5. The molecule has 158 valence electrons. The van der Waals surface area contributed by atoms with Gasteiger partial charge in [-0.05, 0) is 36.6 Å². The Hall–Kier alpha value is -3.30. The molecule has 0 saturated carbocycles. The quantitative estimate of drug-likeness (QED) is 0.527. The van der Waals surface area contributed by atoms with Gasteiger partial charge < -0.3 is 19.7 Å². The molecule has 2 aliphatic heterocycles. The van der Waals surface area contributed by atoms with Crippen LogP contribution in [0.2, 0.25) is 0 Å². The van der Waals surface area contributed by atoms with Gasteiger partial charge in [0.05, 0.1) is 31.4 Å². The molecule has 2 saturated heterocycles. The summed E-state index contributed by atoms with van der Waals surface area (Å²) in [5, 5.41) is 27.4. The molecule has 0 amide bonds. The highest BCUT2D eigenvalue weighted by Crippen LogP contribution is 2.34. The van der Waals surface area contributed by atoms with Crippen LogP contribution in [0.5, 0.6) is 5.75 Å². The molecule has 2 bridgehead atoms. The maximum absolute atomic E-state index is 10.6. The molecule has 0 radical (unpaired) electrons. The van der Waals surface area contributed by atoms with Crippen molar-refractivity contribution < 1.29 is 9.84 Å². The zero-order chi connectivity index (χ0) is 20.9. The summed E-state index contributed by atoms with van der Waals surface area (Å²) in [6, 6.07) is 8.51. The predicted octanol–water partition coefficient (Wildman–Crippen LogP) is 2.29. The normalized spacial score (nSPS) is 23.3. The van der Waals surface area contributed by atoms with Gasteiger partial charge in [0, 0.05) is 42.5 Å². The Morgan fingerprint density at radius 1 is 1.10 bits per heavy atom. The van der Waals surface area contributed by atoms with Crippen LogP contribution in [-0.2, 0) is 11.8 Å². The second kappa shape index (κ2) is 7.14. The van der Waals surface area contributed by atoms with Crippen molar-refractivity contribution in [2.75, 3.05) is 13.2 Å². The summed E-state index contributed by atoms with van der Waals surface area (Å²) in [6.07, 6.45) is 7.52. The highest BCUT2D eigenvalue weighted by atomic mass is 16.5. The summed E-state index contributed by atoms with van der Waals surface area (Å²) >= 11 is 0. The standard InChI is InChI=1S/C22H23N7O2/c1-28-9-14(8-24-28)13-2-3-18(21(30)4-13)19-7-20-22(27-26-19)29(12-23-20)17-5-15-10-31-11-16(6-17)25-15/h2-4,7-9,12,15-17,25,30H,5-6,10-11H2,1H3/t15-,16+,17+. The molecule has 2 N–H and O–H groups in total. The van der Waals surface area contributed by atoms with Gasteiger partial charge in [-0.3, -0.25) is 4.68 Å². The van der Waals surface area contributed by atoms with Crippen molar-refractivity contribution in [2.45, 2.75) is 31.0 Å². The fourth-order valence-electron chi connectivity index (χ4n) is 4.76. The number of aromatic hydroxyl groups is 1. The maximum Gasteiger partial charge on any atom is 0.182 e. The molecule has 9 heteroatoms. The number of aromatic nitrogens is 6. The third-order valence-electron chi connectivity index (χ3n) is 6.25. The number of phenolic OH excluding ortho intramolecular Hbond substituents is 1. The van der Waals surface area contributed by atoms with Crippen molar-refractivity contribution in [3.8, 4) is 28.1 Å². The lowest BCUT2D eigenvalue weighted by Crippen LogP contribution is -2.54. The van der Waals surface area contributed by atoms with Crippen LogP contribution in [0.1, 0.15) is 18.9 Å². The number of rotatable bonds is 3. The fraction of sp³-hybridized carbons (Fsp3) is 0.364. The topological polar surface area (TPSA) is 103 Å². The minimum atomic E-state index is 0.153. The highest BCUT2D eigenvalue weighted by molar-refractivity contribution is 5.79. The van der Waals surface area contributed by atoms with E-state index in [1.54, 1.807) is 16.9 Å². The number of morpholine rings is 1. The smallest absolute Gasteiger partial charge is 0.182 e. The first-order chi connectivity index (χ1) is 15.1. The first-order valence-electron chi connectivity index (χ1n) is 10.5. The van der Waals surface area contributed by atoms with Crippen LogP contribution in [0, 0.1) is 0 Å². The van der Waals surface area contributed by atoms with Crippen LogP contribution in [0.4, 0.5) is 0 Å². The van der Waals surface area contributed by atoms with E-state index in [1.165, 1.54) is 0 Å². The van der Waals surface area contributed by atoms with E-state index in [2.05, 4.69) is 30.2 Å². The lowest BCUT2D eigenvalue weighted by atomic mass is 9.92.